The van der Waals surface area contributed by atoms with Crippen LogP contribution in [0.15, 0.2) is 27.6 Å². The summed E-state index contributed by atoms with van der Waals surface area (Å²) in [4.78, 5) is 12.8. The Morgan fingerprint density at radius 2 is 2.05 bits per heavy atom. The molecule has 2 nitrogen and oxygen atoms in total. The van der Waals surface area contributed by atoms with Gasteiger partial charge in [0.15, 0.2) is 0 Å². The topological polar surface area (TPSA) is 29.1 Å². The number of carbonyl (C=O) groups is 1. The summed E-state index contributed by atoms with van der Waals surface area (Å²) in [5, 5.41) is 3.04. The predicted molar refractivity (Wildman–Crippen MR) is 84.8 cm³/mol. The molecule has 104 valence electrons. The molecular weight excluding hydrogens is 322 g/mol. The molecular formula is C15H20BrNOS. The van der Waals surface area contributed by atoms with Crippen LogP contribution in [0.4, 0.5) is 0 Å². The summed E-state index contributed by atoms with van der Waals surface area (Å²) >= 11 is 7.72. The van der Waals surface area contributed by atoms with Gasteiger partial charge in [-0.3, -0.25) is 4.79 Å². The third-order valence-corrected chi connectivity index (χ3v) is 4.75. The van der Waals surface area contributed by atoms with E-state index in [0.29, 0.717) is 16.4 Å². The summed E-state index contributed by atoms with van der Waals surface area (Å²) in [6.07, 6.45) is 5.04. The molecule has 2 rings (SSSR count). The molecule has 0 bridgehead atoms. The summed E-state index contributed by atoms with van der Waals surface area (Å²) in [7, 11) is 0. The number of amides is 1. The minimum absolute atomic E-state index is 0.0175. The van der Waals surface area contributed by atoms with Crippen LogP contribution in [0.2, 0.25) is 0 Å². The zero-order valence-electron chi connectivity index (χ0n) is 11.2. The lowest BCUT2D eigenvalue weighted by Crippen LogP contribution is -2.31. The van der Waals surface area contributed by atoms with Gasteiger partial charge in [0, 0.05) is 15.9 Å². The highest BCUT2D eigenvalue weighted by Crippen LogP contribution is 2.27. The maximum Gasteiger partial charge on any atom is 0.252 e. The minimum Gasteiger partial charge on any atom is -0.352 e. The number of nitrogens with one attached hydrogen (secondary N) is 1. The van der Waals surface area contributed by atoms with Crippen LogP contribution >= 0.6 is 28.6 Å². The molecule has 0 heterocycles. The number of rotatable bonds is 3. The number of hydrogen-bond donors (Lipinski definition) is 2. The molecule has 0 spiro atoms. The molecule has 1 fully saturated rings. The fraction of sp³-hybridized carbons (Fsp3) is 0.533. The minimum atomic E-state index is -0.0175. The van der Waals surface area contributed by atoms with E-state index in [1.54, 1.807) is 0 Å². The first-order valence-corrected chi connectivity index (χ1v) is 8.07. The molecule has 4 heteroatoms. The number of thiol groups is 1. The Hall–Kier alpha value is -0.480. The molecule has 0 saturated heterocycles. The Labute approximate surface area is 128 Å². The van der Waals surface area contributed by atoms with Crippen LogP contribution in [0.5, 0.6) is 0 Å². The average molecular weight is 342 g/mol. The lowest BCUT2D eigenvalue weighted by Gasteiger charge is -2.26. The second-order valence-corrected chi connectivity index (χ2v) is 6.89. The van der Waals surface area contributed by atoms with Crippen molar-refractivity contribution < 1.29 is 4.79 Å². The highest BCUT2D eigenvalue weighted by molar-refractivity contribution is 9.10. The van der Waals surface area contributed by atoms with Crippen molar-refractivity contribution in [1.82, 2.24) is 5.32 Å². The molecule has 0 radical (unpaired) electrons. The summed E-state index contributed by atoms with van der Waals surface area (Å²) in [5.41, 5.74) is 0.649. The lowest BCUT2D eigenvalue weighted by atomic mass is 9.83. The van der Waals surface area contributed by atoms with Crippen molar-refractivity contribution in [3.8, 4) is 0 Å². The van der Waals surface area contributed by atoms with Crippen LogP contribution in [0.25, 0.3) is 0 Å². The first kappa shape index (κ1) is 14.9. The van der Waals surface area contributed by atoms with E-state index in [2.05, 4.69) is 40.8 Å². The summed E-state index contributed by atoms with van der Waals surface area (Å²) in [6.45, 7) is 3.10. The van der Waals surface area contributed by atoms with Crippen LogP contribution in [0, 0.1) is 11.8 Å². The van der Waals surface area contributed by atoms with Crippen LogP contribution in [0.1, 0.15) is 43.0 Å². The van der Waals surface area contributed by atoms with Crippen molar-refractivity contribution in [3.05, 3.63) is 28.2 Å². The van der Waals surface area contributed by atoms with Gasteiger partial charge in [0.1, 0.15) is 0 Å². The van der Waals surface area contributed by atoms with E-state index in [0.717, 1.165) is 16.9 Å². The fourth-order valence-corrected chi connectivity index (χ4v) is 3.42. The van der Waals surface area contributed by atoms with Gasteiger partial charge in [0.2, 0.25) is 0 Å². The van der Waals surface area contributed by atoms with Gasteiger partial charge in [-0.25, -0.2) is 0 Å². The van der Waals surface area contributed by atoms with Gasteiger partial charge < -0.3 is 5.32 Å². The molecule has 0 unspecified atom stereocenters. The normalized spacial score (nSPS) is 23.1. The van der Waals surface area contributed by atoms with E-state index in [1.165, 1.54) is 25.7 Å². The Morgan fingerprint density at radius 1 is 1.37 bits per heavy atom. The van der Waals surface area contributed by atoms with Crippen LogP contribution in [-0.2, 0) is 0 Å². The zero-order valence-corrected chi connectivity index (χ0v) is 13.6. The van der Waals surface area contributed by atoms with Crippen LogP contribution < -0.4 is 5.32 Å². The zero-order chi connectivity index (χ0) is 13.8. The Balaban J connectivity index is 1.87. The fourth-order valence-electron chi connectivity index (χ4n) is 2.56. The molecule has 1 aliphatic carbocycles. The molecule has 1 aromatic carbocycles. The van der Waals surface area contributed by atoms with Gasteiger partial charge in [-0.15, -0.1) is 12.6 Å². The number of halogens is 1. The average Bonchev–Trinajstić information content (AvgIpc) is 2.37. The van der Waals surface area contributed by atoms with Crippen molar-refractivity contribution in [2.75, 3.05) is 6.54 Å². The smallest absolute Gasteiger partial charge is 0.252 e. The third-order valence-electron chi connectivity index (χ3n) is 3.89. The largest absolute Gasteiger partial charge is 0.352 e. The standard InChI is InChI=1S/C15H20BrNOS/c1-10-2-4-11(5-3-10)9-17-15(18)13-7-6-12(16)8-14(13)19/h6-8,10-11,19H,2-5,9H2,1H3,(H,17,18). The van der Waals surface area contributed by atoms with Crippen molar-refractivity contribution >= 4 is 34.5 Å². The van der Waals surface area contributed by atoms with Gasteiger partial charge in [-0.1, -0.05) is 35.7 Å². The van der Waals surface area contributed by atoms with E-state index in [4.69, 9.17) is 0 Å². The molecule has 19 heavy (non-hydrogen) atoms. The molecule has 1 amide bonds. The maximum absolute atomic E-state index is 12.1. The van der Waals surface area contributed by atoms with Crippen LogP contribution in [-0.4, -0.2) is 12.5 Å². The predicted octanol–water partition coefficient (Wildman–Crippen LogP) is 4.29. The number of hydrogen-bond acceptors (Lipinski definition) is 2. The van der Waals surface area contributed by atoms with Crippen molar-refractivity contribution in [1.29, 1.82) is 0 Å². The Bertz CT molecular complexity index is 455. The van der Waals surface area contributed by atoms with Gasteiger partial charge in [-0.05, 0) is 42.9 Å². The van der Waals surface area contributed by atoms with Crippen molar-refractivity contribution in [3.63, 3.8) is 0 Å². The first-order chi connectivity index (χ1) is 9.06. The monoisotopic (exact) mass is 341 g/mol. The number of carbonyl (C=O) groups excluding carboxylic acids is 1. The van der Waals surface area contributed by atoms with Gasteiger partial charge in [0.05, 0.1) is 5.56 Å². The van der Waals surface area contributed by atoms with Gasteiger partial charge >= 0.3 is 0 Å². The molecule has 0 aliphatic heterocycles. The number of benzene rings is 1. The SMILES string of the molecule is CC1CCC(CNC(=O)c2ccc(Br)cc2S)CC1. The summed E-state index contributed by atoms with van der Waals surface area (Å²) < 4.78 is 0.940. The quantitative estimate of drug-likeness (QED) is 0.788. The van der Waals surface area contributed by atoms with E-state index >= 15 is 0 Å². The third kappa shape index (κ3) is 4.25. The summed E-state index contributed by atoms with van der Waals surface area (Å²) in [5.74, 6) is 1.47. The van der Waals surface area contributed by atoms with Crippen molar-refractivity contribution in [2.45, 2.75) is 37.5 Å². The van der Waals surface area contributed by atoms with Gasteiger partial charge in [-0.2, -0.15) is 0 Å². The Kier molecular flexibility index (Phi) is 5.34. The van der Waals surface area contributed by atoms with E-state index in [9.17, 15) is 4.79 Å². The molecule has 1 aliphatic rings. The highest BCUT2D eigenvalue weighted by atomic mass is 79.9. The van der Waals surface area contributed by atoms with Crippen molar-refractivity contribution in [2.24, 2.45) is 11.8 Å². The Morgan fingerprint density at radius 3 is 2.68 bits per heavy atom. The molecule has 0 atom stereocenters. The first-order valence-electron chi connectivity index (χ1n) is 6.83. The van der Waals surface area contributed by atoms with E-state index in [-0.39, 0.29) is 5.91 Å². The summed E-state index contributed by atoms with van der Waals surface area (Å²) in [6, 6.07) is 5.53. The lowest BCUT2D eigenvalue weighted by molar-refractivity contribution is 0.0939. The highest BCUT2D eigenvalue weighted by Gasteiger charge is 2.19. The molecule has 0 aromatic heterocycles. The van der Waals surface area contributed by atoms with E-state index in [1.807, 2.05) is 18.2 Å². The molecule has 1 N–H and O–H groups in total. The van der Waals surface area contributed by atoms with Gasteiger partial charge in [0.25, 0.3) is 5.91 Å². The second kappa shape index (κ2) is 6.80. The molecule has 1 aromatic rings. The second-order valence-electron chi connectivity index (χ2n) is 5.50. The maximum atomic E-state index is 12.1. The molecule has 1 saturated carbocycles. The van der Waals surface area contributed by atoms with E-state index < -0.39 is 0 Å². The van der Waals surface area contributed by atoms with Crippen LogP contribution in [0.3, 0.4) is 0 Å².